The van der Waals surface area contributed by atoms with Crippen LogP contribution in [0.2, 0.25) is 0 Å². The van der Waals surface area contributed by atoms with Gasteiger partial charge in [0.25, 0.3) is 11.8 Å². The maximum absolute atomic E-state index is 13.9. The van der Waals surface area contributed by atoms with Crippen LogP contribution in [0.5, 0.6) is 5.75 Å². The molecule has 8 nitrogen and oxygen atoms in total. The Bertz CT molecular complexity index is 1020. The van der Waals surface area contributed by atoms with E-state index in [0.717, 1.165) is 23.5 Å². The summed E-state index contributed by atoms with van der Waals surface area (Å²) in [5.41, 5.74) is 6.73. The number of carbonyl (C=O) groups excluding carboxylic acids is 1. The number of hydrogen-bond donors (Lipinski definition) is 2. The number of amides is 1. The highest BCUT2D eigenvalue weighted by Crippen LogP contribution is 2.33. The molecular weight excluding hydrogens is 382 g/mol. The Morgan fingerprint density at radius 2 is 2.00 bits per heavy atom. The number of nitrogens with one attached hydrogen (secondary N) is 1. The third-order valence-electron chi connectivity index (χ3n) is 4.31. The molecule has 3 rings (SSSR count). The molecule has 29 heavy (non-hydrogen) atoms. The number of anilines is 1. The van der Waals surface area contributed by atoms with E-state index in [4.69, 9.17) is 10.5 Å². The van der Waals surface area contributed by atoms with Gasteiger partial charge in [-0.2, -0.15) is 19.0 Å². The van der Waals surface area contributed by atoms with Crippen LogP contribution in [0.3, 0.4) is 0 Å². The minimum Gasteiger partial charge on any atom is -0.492 e. The Morgan fingerprint density at radius 1 is 1.24 bits per heavy atom. The van der Waals surface area contributed by atoms with Gasteiger partial charge in [0.15, 0.2) is 0 Å². The third-order valence-corrected chi connectivity index (χ3v) is 4.31. The van der Waals surface area contributed by atoms with Crippen molar-refractivity contribution >= 4 is 11.6 Å². The maximum atomic E-state index is 13.9. The van der Waals surface area contributed by atoms with Gasteiger partial charge in [0.1, 0.15) is 18.1 Å². The molecule has 0 unspecified atom stereocenters. The topological polar surface area (TPSA) is 100.0 Å². The van der Waals surface area contributed by atoms with Crippen molar-refractivity contribution in [1.82, 2.24) is 19.6 Å². The van der Waals surface area contributed by atoms with Gasteiger partial charge < -0.3 is 15.8 Å². The number of nitrogens with two attached hydrogens (primary N) is 1. The van der Waals surface area contributed by atoms with Gasteiger partial charge in [0.2, 0.25) is 0 Å². The van der Waals surface area contributed by atoms with E-state index in [1.807, 2.05) is 0 Å². The summed E-state index contributed by atoms with van der Waals surface area (Å²) in [6, 6.07) is 6.81. The van der Waals surface area contributed by atoms with Crippen LogP contribution in [0.4, 0.5) is 14.5 Å². The van der Waals surface area contributed by atoms with Crippen molar-refractivity contribution in [3.05, 3.63) is 47.9 Å². The van der Waals surface area contributed by atoms with Crippen LogP contribution in [-0.2, 0) is 20.0 Å². The summed E-state index contributed by atoms with van der Waals surface area (Å²) < 4.78 is 36.1. The zero-order chi connectivity index (χ0) is 21.2. The van der Waals surface area contributed by atoms with E-state index in [2.05, 4.69) is 15.5 Å². The van der Waals surface area contributed by atoms with E-state index >= 15 is 0 Å². The normalized spacial score (nSPS) is 11.5. The molecule has 10 heteroatoms. The number of nitrogens with zero attached hydrogens (tertiary/aromatic N) is 4. The standard InChI is InChI=1S/C19H22F2N6O2/c1-19(20,21)17-14(11-24-27(17)3)18(28)25-12-4-5-16(29-9-7-22)13(10-12)15-6-8-23-26(15)2/h4-6,8,10-11H,7,9,22H2,1-3H3,(H,25,28). The van der Waals surface area contributed by atoms with Crippen molar-refractivity contribution in [3.8, 4) is 17.0 Å². The van der Waals surface area contributed by atoms with E-state index in [0.29, 0.717) is 30.2 Å². The number of carbonyl (C=O) groups is 1. The molecule has 154 valence electrons. The lowest BCUT2D eigenvalue weighted by Gasteiger charge is -2.15. The zero-order valence-electron chi connectivity index (χ0n) is 16.3. The molecule has 0 saturated carbocycles. The van der Waals surface area contributed by atoms with Gasteiger partial charge in [0.05, 0.1) is 17.5 Å². The zero-order valence-corrected chi connectivity index (χ0v) is 16.3. The summed E-state index contributed by atoms with van der Waals surface area (Å²) in [5, 5.41) is 10.6. The molecule has 0 spiro atoms. The molecule has 0 bridgehead atoms. The highest BCUT2D eigenvalue weighted by atomic mass is 19.3. The number of benzene rings is 1. The summed E-state index contributed by atoms with van der Waals surface area (Å²) in [7, 11) is 3.14. The Labute approximate surface area is 166 Å². The predicted molar refractivity (Wildman–Crippen MR) is 104 cm³/mol. The van der Waals surface area contributed by atoms with Crippen molar-refractivity contribution in [1.29, 1.82) is 0 Å². The second-order valence-corrected chi connectivity index (χ2v) is 6.56. The van der Waals surface area contributed by atoms with Gasteiger partial charge in [-0.1, -0.05) is 0 Å². The first-order valence-electron chi connectivity index (χ1n) is 8.89. The van der Waals surface area contributed by atoms with Crippen LogP contribution in [0.15, 0.2) is 36.7 Å². The minimum atomic E-state index is -3.21. The highest BCUT2D eigenvalue weighted by molar-refractivity contribution is 6.05. The van der Waals surface area contributed by atoms with Gasteiger partial charge in [-0.25, -0.2) is 0 Å². The summed E-state index contributed by atoms with van der Waals surface area (Å²) in [6.07, 6.45) is 2.77. The Balaban J connectivity index is 1.95. The highest BCUT2D eigenvalue weighted by Gasteiger charge is 2.34. The van der Waals surface area contributed by atoms with Crippen LogP contribution >= 0.6 is 0 Å². The van der Waals surface area contributed by atoms with Gasteiger partial charge in [-0.05, 0) is 24.3 Å². The van der Waals surface area contributed by atoms with Crippen molar-refractivity contribution in [2.45, 2.75) is 12.8 Å². The fourth-order valence-corrected chi connectivity index (χ4v) is 3.06. The number of aryl methyl sites for hydroxylation is 2. The van der Waals surface area contributed by atoms with Gasteiger partial charge in [-0.15, -0.1) is 0 Å². The monoisotopic (exact) mass is 404 g/mol. The molecule has 1 aromatic carbocycles. The first-order chi connectivity index (χ1) is 13.7. The van der Waals surface area contributed by atoms with E-state index in [9.17, 15) is 13.6 Å². The van der Waals surface area contributed by atoms with Gasteiger partial charge in [-0.3, -0.25) is 14.2 Å². The quantitative estimate of drug-likeness (QED) is 0.630. The predicted octanol–water partition coefficient (Wildman–Crippen LogP) is 2.52. The molecule has 0 saturated heterocycles. The molecule has 0 fully saturated rings. The van der Waals surface area contributed by atoms with Crippen LogP contribution < -0.4 is 15.8 Å². The van der Waals surface area contributed by atoms with E-state index < -0.39 is 17.5 Å². The summed E-state index contributed by atoms with van der Waals surface area (Å²) in [5.74, 6) is -3.32. The second-order valence-electron chi connectivity index (χ2n) is 6.56. The summed E-state index contributed by atoms with van der Waals surface area (Å²) in [6.45, 7) is 1.39. The molecule has 2 heterocycles. The average Bonchev–Trinajstić information content (AvgIpc) is 3.25. The number of ether oxygens (including phenoxy) is 1. The number of hydrogen-bond acceptors (Lipinski definition) is 5. The molecule has 0 aliphatic heterocycles. The molecule has 0 aliphatic rings. The Kier molecular flexibility index (Phi) is 5.64. The van der Waals surface area contributed by atoms with Crippen LogP contribution in [0.1, 0.15) is 23.0 Å². The fraction of sp³-hybridized carbons (Fsp3) is 0.316. The lowest BCUT2D eigenvalue weighted by Crippen LogP contribution is -2.21. The number of halogens is 2. The molecule has 0 aliphatic carbocycles. The van der Waals surface area contributed by atoms with E-state index in [-0.39, 0.29) is 5.56 Å². The van der Waals surface area contributed by atoms with Crippen LogP contribution in [0.25, 0.3) is 11.3 Å². The number of rotatable bonds is 7. The minimum absolute atomic E-state index is 0.189. The molecular formula is C19H22F2N6O2. The van der Waals surface area contributed by atoms with Gasteiger partial charge in [0, 0.05) is 45.0 Å². The molecule has 0 atom stereocenters. The summed E-state index contributed by atoms with van der Waals surface area (Å²) in [4.78, 5) is 12.7. The number of alkyl halides is 2. The lowest BCUT2D eigenvalue weighted by atomic mass is 10.1. The first-order valence-corrected chi connectivity index (χ1v) is 8.89. The smallest absolute Gasteiger partial charge is 0.287 e. The second kappa shape index (κ2) is 8.00. The van der Waals surface area contributed by atoms with E-state index in [1.165, 1.54) is 7.05 Å². The molecule has 1 amide bonds. The third kappa shape index (κ3) is 4.27. The number of aromatic nitrogens is 4. The average molecular weight is 404 g/mol. The van der Waals surface area contributed by atoms with Gasteiger partial charge >= 0.3 is 0 Å². The van der Waals surface area contributed by atoms with Crippen molar-refractivity contribution in [3.63, 3.8) is 0 Å². The maximum Gasteiger partial charge on any atom is 0.287 e. The SMILES string of the molecule is Cn1nccc1-c1cc(NC(=O)c2cnn(C)c2C(C)(F)F)ccc1OCCN. The Morgan fingerprint density at radius 3 is 2.62 bits per heavy atom. The van der Waals surface area contributed by atoms with Crippen molar-refractivity contribution in [2.75, 3.05) is 18.5 Å². The molecule has 0 radical (unpaired) electrons. The lowest BCUT2D eigenvalue weighted by molar-refractivity contribution is 0.00795. The van der Waals surface area contributed by atoms with Crippen molar-refractivity contribution < 1.29 is 18.3 Å². The van der Waals surface area contributed by atoms with Crippen molar-refractivity contribution in [2.24, 2.45) is 19.8 Å². The van der Waals surface area contributed by atoms with E-state index in [1.54, 1.807) is 42.2 Å². The molecule has 2 aromatic heterocycles. The summed E-state index contributed by atoms with van der Waals surface area (Å²) >= 11 is 0. The van der Waals surface area contributed by atoms with Crippen LogP contribution in [0, 0.1) is 0 Å². The molecule has 3 N–H and O–H groups in total. The molecule has 3 aromatic rings. The fourth-order valence-electron chi connectivity index (χ4n) is 3.06. The largest absolute Gasteiger partial charge is 0.492 e. The van der Waals surface area contributed by atoms with Crippen LogP contribution in [-0.4, -0.2) is 38.6 Å². The first kappa shape index (κ1) is 20.5. The Hall–Kier alpha value is -3.27.